The lowest BCUT2D eigenvalue weighted by Crippen LogP contribution is -2.37. The highest BCUT2D eigenvalue weighted by Gasteiger charge is 2.17. The first-order valence-electron chi connectivity index (χ1n) is 10.3. The maximum atomic E-state index is 12.1. The molecule has 1 aliphatic heterocycles. The molecule has 3 heterocycles. The van der Waals surface area contributed by atoms with Crippen LogP contribution in [0.4, 0.5) is 22.1 Å². The Balaban J connectivity index is 1.54. The number of hydrogen-bond acceptors (Lipinski definition) is 9. The Morgan fingerprint density at radius 3 is 2.45 bits per heavy atom. The summed E-state index contributed by atoms with van der Waals surface area (Å²) in [5.74, 6) is 1.79. The number of aryl methyl sites for hydroxylation is 1. The van der Waals surface area contributed by atoms with Crippen LogP contribution in [-0.2, 0) is 20.3 Å². The first kappa shape index (κ1) is 22.7. The Bertz CT molecular complexity index is 1240. The van der Waals surface area contributed by atoms with E-state index in [-0.39, 0.29) is 5.75 Å². The number of ether oxygens (including phenoxy) is 1. The molecule has 2 amide bonds. The maximum absolute atomic E-state index is 12.1. The van der Waals surface area contributed by atoms with Crippen molar-refractivity contribution in [1.82, 2.24) is 15.1 Å². The molecular weight excluding hydrogens is 448 g/mol. The second-order valence-corrected chi connectivity index (χ2v) is 9.83. The highest BCUT2D eigenvalue weighted by Crippen LogP contribution is 2.23. The third-order valence-electron chi connectivity index (χ3n) is 4.78. The number of nitrogens with one attached hydrogen (secondary N) is 2. The summed E-state index contributed by atoms with van der Waals surface area (Å²) in [5.41, 5.74) is 1.67. The van der Waals surface area contributed by atoms with Crippen molar-refractivity contribution >= 4 is 33.2 Å². The second kappa shape index (κ2) is 9.55. The van der Waals surface area contributed by atoms with Gasteiger partial charge in [0, 0.05) is 42.7 Å². The summed E-state index contributed by atoms with van der Waals surface area (Å²) >= 11 is 0. The summed E-state index contributed by atoms with van der Waals surface area (Å²) in [6.07, 6.45) is 1.18. The number of morpholine rings is 1. The van der Waals surface area contributed by atoms with Crippen LogP contribution in [0.5, 0.6) is 0 Å². The van der Waals surface area contributed by atoms with Gasteiger partial charge in [0.15, 0.2) is 21.5 Å². The summed E-state index contributed by atoms with van der Waals surface area (Å²) < 4.78 is 34.1. The minimum absolute atomic E-state index is 0.179. The second-order valence-electron chi connectivity index (χ2n) is 7.69. The number of urea groups is 1. The minimum Gasteiger partial charge on any atom is -0.378 e. The summed E-state index contributed by atoms with van der Waals surface area (Å²) in [6.45, 7) is 4.22. The van der Waals surface area contributed by atoms with Crippen LogP contribution in [0.1, 0.15) is 11.5 Å². The average Bonchev–Trinajstić information content (AvgIpc) is 3.17. The van der Waals surface area contributed by atoms with Crippen LogP contribution in [0.25, 0.3) is 11.4 Å². The number of carbonyl (C=O) groups is 1. The average molecular weight is 473 g/mol. The van der Waals surface area contributed by atoms with E-state index in [2.05, 4.69) is 25.8 Å². The SMILES string of the molecule is Cc1cc(NC(=O)Nc2ccc(-c3nc(CS(C)(=O)=O)cc(N4CCOCC4)n3)cc2)no1. The minimum atomic E-state index is -3.27. The maximum Gasteiger partial charge on any atom is 0.324 e. The van der Waals surface area contributed by atoms with E-state index in [0.717, 1.165) is 0 Å². The highest BCUT2D eigenvalue weighted by atomic mass is 32.2. The van der Waals surface area contributed by atoms with Crippen molar-refractivity contribution in [1.29, 1.82) is 0 Å². The van der Waals surface area contributed by atoms with Crippen molar-refractivity contribution in [2.45, 2.75) is 12.7 Å². The molecule has 1 aliphatic rings. The molecule has 174 valence electrons. The Morgan fingerprint density at radius 1 is 1.09 bits per heavy atom. The molecule has 4 rings (SSSR count). The molecule has 0 saturated carbocycles. The van der Waals surface area contributed by atoms with Gasteiger partial charge in [0.25, 0.3) is 0 Å². The van der Waals surface area contributed by atoms with Gasteiger partial charge in [-0.1, -0.05) is 5.16 Å². The molecule has 2 aromatic heterocycles. The molecule has 0 unspecified atom stereocenters. The van der Waals surface area contributed by atoms with E-state index >= 15 is 0 Å². The lowest BCUT2D eigenvalue weighted by atomic mass is 10.2. The molecule has 3 aromatic rings. The van der Waals surface area contributed by atoms with Gasteiger partial charge in [-0.15, -0.1) is 0 Å². The van der Waals surface area contributed by atoms with Crippen molar-refractivity contribution in [3.63, 3.8) is 0 Å². The van der Waals surface area contributed by atoms with Crippen LogP contribution in [0, 0.1) is 6.92 Å². The van der Waals surface area contributed by atoms with Gasteiger partial charge in [-0.2, -0.15) is 0 Å². The topological polar surface area (TPSA) is 140 Å². The van der Waals surface area contributed by atoms with Crippen molar-refractivity contribution in [2.75, 3.05) is 48.1 Å². The van der Waals surface area contributed by atoms with Crippen molar-refractivity contribution in [3.05, 3.63) is 47.9 Å². The first-order valence-corrected chi connectivity index (χ1v) is 12.3. The van der Waals surface area contributed by atoms with Gasteiger partial charge in [0.1, 0.15) is 11.6 Å². The number of rotatable bonds is 6. The lowest BCUT2D eigenvalue weighted by Gasteiger charge is -2.28. The fourth-order valence-corrected chi connectivity index (χ4v) is 4.00. The van der Waals surface area contributed by atoms with E-state index in [1.54, 1.807) is 43.3 Å². The number of anilines is 3. The third-order valence-corrected chi connectivity index (χ3v) is 5.60. The van der Waals surface area contributed by atoms with Gasteiger partial charge in [-0.25, -0.2) is 23.2 Å². The van der Waals surface area contributed by atoms with Gasteiger partial charge in [0.05, 0.1) is 24.7 Å². The smallest absolute Gasteiger partial charge is 0.324 e. The van der Waals surface area contributed by atoms with Crippen LogP contribution in [0.15, 0.2) is 40.9 Å². The number of sulfone groups is 1. The fraction of sp³-hybridized carbons (Fsp3) is 0.333. The number of amides is 2. The van der Waals surface area contributed by atoms with E-state index in [4.69, 9.17) is 9.26 Å². The first-order chi connectivity index (χ1) is 15.7. The number of carbonyl (C=O) groups excluding carboxylic acids is 1. The standard InChI is InChI=1S/C21H24N6O5S/c1-14-11-18(26-32-14)24-21(28)23-16-5-3-15(4-6-16)20-22-17(13-33(2,29)30)12-19(25-20)27-7-9-31-10-8-27/h3-6,11-12H,7-10,13H2,1-2H3,(H2,23,24,26,28). The van der Waals surface area contributed by atoms with Crippen molar-refractivity contribution in [3.8, 4) is 11.4 Å². The van der Waals surface area contributed by atoms with Crippen LogP contribution in [0.2, 0.25) is 0 Å². The van der Waals surface area contributed by atoms with E-state index in [0.29, 0.717) is 66.5 Å². The highest BCUT2D eigenvalue weighted by molar-refractivity contribution is 7.89. The van der Waals surface area contributed by atoms with Gasteiger partial charge in [-0.3, -0.25) is 5.32 Å². The predicted octanol–water partition coefficient (Wildman–Crippen LogP) is 2.47. The zero-order valence-corrected chi connectivity index (χ0v) is 19.1. The number of nitrogens with zero attached hydrogens (tertiary/aromatic N) is 4. The van der Waals surface area contributed by atoms with Crippen molar-refractivity contribution < 1.29 is 22.5 Å². The molecule has 0 spiro atoms. The number of benzene rings is 1. The van der Waals surface area contributed by atoms with Gasteiger partial charge >= 0.3 is 6.03 Å². The Hall–Kier alpha value is -3.51. The van der Waals surface area contributed by atoms with E-state index in [1.165, 1.54) is 6.26 Å². The largest absolute Gasteiger partial charge is 0.378 e. The third kappa shape index (κ3) is 6.26. The van der Waals surface area contributed by atoms with Crippen LogP contribution < -0.4 is 15.5 Å². The number of hydrogen-bond donors (Lipinski definition) is 2. The van der Waals surface area contributed by atoms with Crippen LogP contribution in [-0.4, -0.2) is 62.1 Å². The van der Waals surface area contributed by atoms with Crippen molar-refractivity contribution in [2.24, 2.45) is 0 Å². The summed E-state index contributed by atoms with van der Waals surface area (Å²) in [5, 5.41) is 9.00. The molecular formula is C21H24N6O5S. The van der Waals surface area contributed by atoms with Crippen LogP contribution >= 0.6 is 0 Å². The Kier molecular flexibility index (Phi) is 6.56. The molecule has 1 aromatic carbocycles. The summed E-state index contributed by atoms with van der Waals surface area (Å²) in [6, 6.07) is 9.81. The van der Waals surface area contributed by atoms with Gasteiger partial charge in [-0.05, 0) is 31.2 Å². The summed E-state index contributed by atoms with van der Waals surface area (Å²) in [4.78, 5) is 23.3. The molecule has 1 saturated heterocycles. The normalized spacial score (nSPS) is 14.2. The molecule has 12 heteroatoms. The molecule has 0 bridgehead atoms. The quantitative estimate of drug-likeness (QED) is 0.553. The summed E-state index contributed by atoms with van der Waals surface area (Å²) in [7, 11) is -3.27. The van der Waals surface area contributed by atoms with E-state index < -0.39 is 15.9 Å². The zero-order chi connectivity index (χ0) is 23.4. The zero-order valence-electron chi connectivity index (χ0n) is 18.2. The molecule has 33 heavy (non-hydrogen) atoms. The van der Waals surface area contributed by atoms with Gasteiger partial charge in [0.2, 0.25) is 0 Å². The molecule has 0 aliphatic carbocycles. The molecule has 2 N–H and O–H groups in total. The number of aromatic nitrogens is 3. The van der Waals surface area contributed by atoms with E-state index in [1.807, 2.05) is 4.90 Å². The predicted molar refractivity (Wildman–Crippen MR) is 123 cm³/mol. The molecule has 0 atom stereocenters. The molecule has 0 radical (unpaired) electrons. The van der Waals surface area contributed by atoms with Gasteiger partial charge < -0.3 is 19.5 Å². The molecule has 1 fully saturated rings. The Morgan fingerprint density at radius 2 is 1.82 bits per heavy atom. The lowest BCUT2D eigenvalue weighted by molar-refractivity contribution is 0.122. The Labute approximate surface area is 191 Å². The van der Waals surface area contributed by atoms with Crippen LogP contribution in [0.3, 0.4) is 0 Å². The fourth-order valence-electron chi connectivity index (χ4n) is 3.32. The monoisotopic (exact) mass is 472 g/mol. The van der Waals surface area contributed by atoms with E-state index in [9.17, 15) is 13.2 Å². The molecule has 11 nitrogen and oxygen atoms in total.